The topological polar surface area (TPSA) is 98.4 Å². The van der Waals surface area contributed by atoms with Crippen LogP contribution in [0.25, 0.3) is 0 Å². The Labute approximate surface area is 146 Å². The van der Waals surface area contributed by atoms with Gasteiger partial charge >= 0.3 is 0 Å². The summed E-state index contributed by atoms with van der Waals surface area (Å²) in [6.45, 7) is 4.33. The molecule has 2 aliphatic rings. The summed E-state index contributed by atoms with van der Waals surface area (Å²) >= 11 is 0. The molecule has 2 fully saturated rings. The molecule has 0 radical (unpaired) electrons. The van der Waals surface area contributed by atoms with Crippen molar-refractivity contribution in [2.75, 3.05) is 33.2 Å². The number of rotatable bonds is 2. The number of H-pyrrole nitrogens is 1. The lowest BCUT2D eigenvalue weighted by Crippen LogP contribution is -2.62. The number of hydrogen-bond acceptors (Lipinski definition) is 5. The summed E-state index contributed by atoms with van der Waals surface area (Å²) in [4.78, 5) is 47.2. The second kappa shape index (κ2) is 6.95. The second-order valence-electron chi connectivity index (χ2n) is 7.06. The summed E-state index contributed by atoms with van der Waals surface area (Å²) in [5.74, 6) is 0.550. The highest BCUT2D eigenvalue weighted by Crippen LogP contribution is 2.30. The van der Waals surface area contributed by atoms with E-state index in [9.17, 15) is 14.4 Å². The van der Waals surface area contributed by atoms with Gasteiger partial charge in [-0.3, -0.25) is 19.3 Å². The van der Waals surface area contributed by atoms with Crippen LogP contribution in [0.15, 0.2) is 11.0 Å². The van der Waals surface area contributed by atoms with Crippen molar-refractivity contribution < 1.29 is 9.59 Å². The molecule has 2 saturated heterocycles. The van der Waals surface area contributed by atoms with E-state index < -0.39 is 0 Å². The van der Waals surface area contributed by atoms with Crippen molar-refractivity contribution >= 4 is 11.8 Å². The van der Waals surface area contributed by atoms with Gasteiger partial charge in [0.15, 0.2) is 0 Å². The molecule has 0 unspecified atom stereocenters. The normalized spacial score (nSPS) is 24.9. The predicted molar refractivity (Wildman–Crippen MR) is 92.1 cm³/mol. The summed E-state index contributed by atoms with van der Waals surface area (Å²) < 4.78 is 0. The zero-order chi connectivity index (χ0) is 18.0. The Morgan fingerprint density at radius 1 is 1.32 bits per heavy atom. The third-order valence-electron chi connectivity index (χ3n) is 5.42. The van der Waals surface area contributed by atoms with Gasteiger partial charge in [0.05, 0.1) is 6.42 Å². The molecule has 1 aromatic heterocycles. The quantitative estimate of drug-likeness (QED) is 0.747. The van der Waals surface area contributed by atoms with E-state index in [2.05, 4.69) is 27.2 Å². The Kier molecular flexibility index (Phi) is 4.89. The minimum absolute atomic E-state index is 0.0551. The smallest absolute Gasteiger partial charge is 0.254 e. The molecule has 1 aromatic rings. The van der Waals surface area contributed by atoms with Crippen LogP contribution in [0.3, 0.4) is 0 Å². The van der Waals surface area contributed by atoms with E-state index >= 15 is 0 Å². The number of amides is 2. The summed E-state index contributed by atoms with van der Waals surface area (Å²) in [6.07, 6.45) is 3.58. The lowest BCUT2D eigenvalue weighted by atomic mass is 9.86. The zero-order valence-electron chi connectivity index (χ0n) is 14.8. The van der Waals surface area contributed by atoms with Crippen molar-refractivity contribution in [1.82, 2.24) is 25.1 Å². The van der Waals surface area contributed by atoms with Crippen LogP contribution < -0.4 is 10.9 Å². The van der Waals surface area contributed by atoms with Gasteiger partial charge in [0, 0.05) is 49.9 Å². The SMILES string of the molecule is Cc1ncc(CC(=O)N2CCN(C)[C@@]3(CCNC(=O)CC3)C2)c(=O)[nH]1. The highest BCUT2D eigenvalue weighted by molar-refractivity contribution is 5.79. The fraction of sp³-hybridized carbons (Fsp3) is 0.647. The summed E-state index contributed by atoms with van der Waals surface area (Å²) in [7, 11) is 2.06. The van der Waals surface area contributed by atoms with Crippen LogP contribution in [0, 0.1) is 6.92 Å². The number of nitrogens with one attached hydrogen (secondary N) is 2. The van der Waals surface area contributed by atoms with E-state index in [-0.39, 0.29) is 29.3 Å². The molecule has 2 aliphatic heterocycles. The van der Waals surface area contributed by atoms with Crippen molar-refractivity contribution in [2.24, 2.45) is 0 Å². The van der Waals surface area contributed by atoms with E-state index in [1.54, 1.807) is 6.92 Å². The summed E-state index contributed by atoms with van der Waals surface area (Å²) in [5, 5.41) is 2.91. The molecule has 3 rings (SSSR count). The zero-order valence-corrected chi connectivity index (χ0v) is 14.8. The first kappa shape index (κ1) is 17.6. The number of carbonyl (C=O) groups excluding carboxylic acids is 2. The summed E-state index contributed by atoms with van der Waals surface area (Å²) in [5.41, 5.74) is -0.0411. The predicted octanol–water partition coefficient (Wildman–Crippen LogP) is -0.566. The number of hydrogen-bond donors (Lipinski definition) is 2. The van der Waals surface area contributed by atoms with Crippen LogP contribution in [0.4, 0.5) is 0 Å². The van der Waals surface area contributed by atoms with Gasteiger partial charge in [-0.25, -0.2) is 4.98 Å². The monoisotopic (exact) mass is 347 g/mol. The Balaban J connectivity index is 1.73. The highest BCUT2D eigenvalue weighted by Gasteiger charge is 2.42. The van der Waals surface area contributed by atoms with Gasteiger partial charge in [-0.05, 0) is 26.8 Å². The molecular formula is C17H25N5O3. The molecule has 1 spiro atoms. The number of likely N-dealkylation sites (N-methyl/N-ethyl adjacent to an activating group) is 1. The number of aromatic amines is 1. The van der Waals surface area contributed by atoms with Gasteiger partial charge in [0.1, 0.15) is 5.82 Å². The molecule has 0 saturated carbocycles. The minimum atomic E-state index is -0.256. The molecule has 136 valence electrons. The fourth-order valence-corrected chi connectivity index (χ4v) is 3.72. The van der Waals surface area contributed by atoms with Crippen LogP contribution in [-0.4, -0.2) is 70.3 Å². The molecular weight excluding hydrogens is 322 g/mol. The first-order valence-corrected chi connectivity index (χ1v) is 8.70. The Morgan fingerprint density at radius 3 is 2.88 bits per heavy atom. The Hall–Kier alpha value is -2.22. The molecule has 8 heteroatoms. The number of carbonyl (C=O) groups is 2. The highest BCUT2D eigenvalue weighted by atomic mass is 16.2. The molecule has 2 N–H and O–H groups in total. The number of piperazine rings is 1. The van der Waals surface area contributed by atoms with Gasteiger partial charge < -0.3 is 15.2 Å². The van der Waals surface area contributed by atoms with Crippen LogP contribution in [0.1, 0.15) is 30.7 Å². The molecule has 0 aliphatic carbocycles. The van der Waals surface area contributed by atoms with Gasteiger partial charge in [-0.1, -0.05) is 0 Å². The Morgan fingerprint density at radius 2 is 2.12 bits per heavy atom. The first-order chi connectivity index (χ1) is 11.9. The van der Waals surface area contributed by atoms with Crippen LogP contribution in [-0.2, 0) is 16.0 Å². The van der Waals surface area contributed by atoms with Crippen molar-refractivity contribution in [3.8, 4) is 0 Å². The third kappa shape index (κ3) is 3.73. The van der Waals surface area contributed by atoms with Gasteiger partial charge in [0.2, 0.25) is 11.8 Å². The van der Waals surface area contributed by atoms with Crippen LogP contribution in [0.2, 0.25) is 0 Å². The largest absolute Gasteiger partial charge is 0.356 e. The van der Waals surface area contributed by atoms with Gasteiger partial charge in [-0.2, -0.15) is 0 Å². The molecule has 0 bridgehead atoms. The van der Waals surface area contributed by atoms with E-state index in [0.29, 0.717) is 37.4 Å². The first-order valence-electron chi connectivity index (χ1n) is 8.70. The maximum absolute atomic E-state index is 12.7. The average molecular weight is 347 g/mol. The third-order valence-corrected chi connectivity index (χ3v) is 5.42. The fourth-order valence-electron chi connectivity index (χ4n) is 3.72. The van der Waals surface area contributed by atoms with Gasteiger partial charge in [0.25, 0.3) is 5.56 Å². The molecule has 25 heavy (non-hydrogen) atoms. The van der Waals surface area contributed by atoms with Crippen molar-refractivity contribution in [2.45, 2.75) is 38.1 Å². The number of aryl methyl sites for hydroxylation is 1. The van der Waals surface area contributed by atoms with E-state index in [1.165, 1.54) is 6.20 Å². The molecule has 0 aromatic carbocycles. The lowest BCUT2D eigenvalue weighted by molar-refractivity contribution is -0.136. The minimum Gasteiger partial charge on any atom is -0.356 e. The number of aromatic nitrogens is 2. The number of nitrogens with zero attached hydrogens (tertiary/aromatic N) is 3. The average Bonchev–Trinajstić information content (AvgIpc) is 2.75. The standard InChI is InChI=1S/C17H25N5O3/c1-12-19-10-13(16(25)20-12)9-15(24)22-8-7-21(2)17(11-22)4-3-14(23)18-6-5-17/h10H,3-9,11H2,1-2H3,(H,18,23)(H,19,20,25)/t17-/m0/s1. The van der Waals surface area contributed by atoms with Crippen LogP contribution >= 0.6 is 0 Å². The maximum atomic E-state index is 12.7. The van der Waals surface area contributed by atoms with Crippen molar-refractivity contribution in [1.29, 1.82) is 0 Å². The van der Waals surface area contributed by atoms with E-state index in [0.717, 1.165) is 19.4 Å². The molecule has 1 atom stereocenters. The molecule has 8 nitrogen and oxygen atoms in total. The van der Waals surface area contributed by atoms with E-state index in [1.807, 2.05) is 4.90 Å². The lowest BCUT2D eigenvalue weighted by Gasteiger charge is -2.49. The maximum Gasteiger partial charge on any atom is 0.254 e. The van der Waals surface area contributed by atoms with Gasteiger partial charge in [-0.15, -0.1) is 0 Å². The van der Waals surface area contributed by atoms with E-state index in [4.69, 9.17) is 0 Å². The van der Waals surface area contributed by atoms with Crippen molar-refractivity contribution in [3.05, 3.63) is 27.9 Å². The summed E-state index contributed by atoms with van der Waals surface area (Å²) in [6, 6.07) is 0. The van der Waals surface area contributed by atoms with Crippen LogP contribution in [0.5, 0.6) is 0 Å². The molecule has 2 amide bonds. The molecule has 3 heterocycles. The Bertz CT molecular complexity index is 731. The second-order valence-corrected chi connectivity index (χ2v) is 7.06. The van der Waals surface area contributed by atoms with Crippen molar-refractivity contribution in [3.63, 3.8) is 0 Å².